The molecule has 1 fully saturated rings. The summed E-state index contributed by atoms with van der Waals surface area (Å²) >= 11 is 0. The van der Waals surface area contributed by atoms with Gasteiger partial charge in [0.15, 0.2) is 11.5 Å². The van der Waals surface area contributed by atoms with E-state index in [-0.39, 0.29) is 0 Å². The lowest BCUT2D eigenvalue weighted by molar-refractivity contribution is 0.356. The molecule has 5 rings (SSSR count). The van der Waals surface area contributed by atoms with Crippen molar-refractivity contribution < 1.29 is 17.9 Å². The van der Waals surface area contributed by atoms with Gasteiger partial charge in [0, 0.05) is 43.0 Å². The van der Waals surface area contributed by atoms with Crippen LogP contribution in [-0.2, 0) is 10.0 Å². The van der Waals surface area contributed by atoms with Gasteiger partial charge in [-0.3, -0.25) is 0 Å². The molecule has 1 aliphatic heterocycles. The number of hydrogen-bond donors (Lipinski definition) is 1. The van der Waals surface area contributed by atoms with Crippen molar-refractivity contribution in [3.8, 4) is 11.5 Å². The Morgan fingerprint density at radius 3 is 2.26 bits per heavy atom. The quantitative estimate of drug-likeness (QED) is 0.465. The molecule has 0 bridgehead atoms. The maximum atomic E-state index is 13.4. The lowest BCUT2D eigenvalue weighted by atomic mass is 10.1. The molecular weight excluding hydrogens is 454 g/mol. The molecular formula is C24H25N5O4S. The third-order valence-electron chi connectivity index (χ3n) is 6.11. The number of nitrogens with zero attached hydrogens (tertiary/aromatic N) is 4. The van der Waals surface area contributed by atoms with Crippen LogP contribution in [0.2, 0.25) is 0 Å². The molecule has 0 spiro atoms. The molecule has 4 aromatic rings. The van der Waals surface area contributed by atoms with Gasteiger partial charge in [-0.25, -0.2) is 13.4 Å². The predicted octanol–water partition coefficient (Wildman–Crippen LogP) is 2.89. The highest BCUT2D eigenvalue weighted by Crippen LogP contribution is 2.34. The van der Waals surface area contributed by atoms with Gasteiger partial charge in [0.2, 0.25) is 16.0 Å². The monoisotopic (exact) mass is 479 g/mol. The van der Waals surface area contributed by atoms with Gasteiger partial charge in [0.05, 0.1) is 24.6 Å². The first-order chi connectivity index (χ1) is 16.4. The van der Waals surface area contributed by atoms with Crippen LogP contribution in [0.25, 0.3) is 21.7 Å². The summed E-state index contributed by atoms with van der Waals surface area (Å²) < 4.78 is 39.1. The molecule has 0 unspecified atom stereocenters. The van der Waals surface area contributed by atoms with Crippen LogP contribution in [0.3, 0.4) is 0 Å². The van der Waals surface area contributed by atoms with Crippen molar-refractivity contribution in [2.45, 2.75) is 4.90 Å². The van der Waals surface area contributed by atoms with Crippen molar-refractivity contribution in [1.29, 1.82) is 0 Å². The minimum atomic E-state index is -3.64. The maximum absolute atomic E-state index is 13.4. The molecule has 176 valence electrons. The predicted molar refractivity (Wildman–Crippen MR) is 132 cm³/mol. The van der Waals surface area contributed by atoms with Gasteiger partial charge in [0.1, 0.15) is 5.82 Å². The molecule has 0 radical (unpaired) electrons. The van der Waals surface area contributed by atoms with Crippen molar-refractivity contribution in [1.82, 2.24) is 14.3 Å². The van der Waals surface area contributed by atoms with E-state index in [2.05, 4.69) is 9.97 Å². The van der Waals surface area contributed by atoms with Gasteiger partial charge >= 0.3 is 0 Å². The first-order valence-corrected chi connectivity index (χ1v) is 12.3. The fourth-order valence-electron chi connectivity index (χ4n) is 4.30. The van der Waals surface area contributed by atoms with E-state index < -0.39 is 10.0 Å². The molecule has 34 heavy (non-hydrogen) atoms. The zero-order valence-corrected chi connectivity index (χ0v) is 19.7. The van der Waals surface area contributed by atoms with Crippen molar-refractivity contribution in [2.75, 3.05) is 51.0 Å². The number of nitrogen functional groups attached to an aromatic ring is 1. The number of nitrogens with two attached hydrogens (primary N) is 1. The summed E-state index contributed by atoms with van der Waals surface area (Å²) in [5.41, 5.74) is 6.85. The van der Waals surface area contributed by atoms with Crippen molar-refractivity contribution >= 4 is 43.5 Å². The Morgan fingerprint density at radius 2 is 1.53 bits per heavy atom. The van der Waals surface area contributed by atoms with Gasteiger partial charge in [-0.2, -0.15) is 9.29 Å². The Morgan fingerprint density at radius 1 is 0.853 bits per heavy atom. The van der Waals surface area contributed by atoms with Crippen molar-refractivity contribution in [3.05, 3.63) is 54.6 Å². The number of piperazine rings is 1. The lowest BCUT2D eigenvalue weighted by Crippen LogP contribution is -2.49. The normalized spacial score (nSPS) is 15.1. The molecule has 0 aliphatic carbocycles. The summed E-state index contributed by atoms with van der Waals surface area (Å²) in [7, 11) is -0.526. The molecule has 2 N–H and O–H groups in total. The number of rotatable bonds is 5. The van der Waals surface area contributed by atoms with Crippen molar-refractivity contribution in [3.63, 3.8) is 0 Å². The highest BCUT2D eigenvalue weighted by molar-refractivity contribution is 7.89. The summed E-state index contributed by atoms with van der Waals surface area (Å²) in [5.74, 6) is 1.88. The number of methoxy groups -OCH3 is 2. The minimum absolute atomic E-state index is 0.318. The molecule has 0 atom stereocenters. The molecule has 1 saturated heterocycles. The van der Waals surface area contributed by atoms with E-state index in [4.69, 9.17) is 15.2 Å². The summed E-state index contributed by atoms with van der Waals surface area (Å²) in [5, 5.41) is 2.29. The zero-order valence-electron chi connectivity index (χ0n) is 18.9. The third-order valence-corrected chi connectivity index (χ3v) is 8.06. The summed E-state index contributed by atoms with van der Waals surface area (Å²) in [6, 6.07) is 16.4. The van der Waals surface area contributed by atoms with Gasteiger partial charge in [0.25, 0.3) is 0 Å². The van der Waals surface area contributed by atoms with E-state index in [1.54, 1.807) is 38.5 Å². The fourth-order valence-corrected chi connectivity index (χ4v) is 5.93. The number of ether oxygens (including phenoxy) is 2. The average Bonchev–Trinajstić information content (AvgIpc) is 2.87. The van der Waals surface area contributed by atoms with Crippen LogP contribution in [-0.4, -0.2) is 63.1 Å². The molecule has 0 amide bonds. The molecule has 9 nitrogen and oxygen atoms in total. The van der Waals surface area contributed by atoms with Gasteiger partial charge < -0.3 is 20.1 Å². The van der Waals surface area contributed by atoms with Crippen LogP contribution >= 0.6 is 0 Å². The largest absolute Gasteiger partial charge is 0.493 e. The minimum Gasteiger partial charge on any atom is -0.493 e. The summed E-state index contributed by atoms with van der Waals surface area (Å²) in [6.07, 6.45) is 0. The number of sulfonamides is 1. The van der Waals surface area contributed by atoms with E-state index in [0.29, 0.717) is 65.2 Å². The van der Waals surface area contributed by atoms with Crippen molar-refractivity contribution in [2.24, 2.45) is 0 Å². The Balaban J connectivity index is 1.40. The highest BCUT2D eigenvalue weighted by Gasteiger charge is 2.30. The number of fused-ring (bicyclic) bond motifs is 2. The van der Waals surface area contributed by atoms with E-state index >= 15 is 0 Å². The second-order valence-electron chi connectivity index (χ2n) is 8.00. The lowest BCUT2D eigenvalue weighted by Gasteiger charge is -2.34. The van der Waals surface area contributed by atoms with Crippen LogP contribution < -0.4 is 20.1 Å². The van der Waals surface area contributed by atoms with E-state index in [1.807, 2.05) is 35.2 Å². The van der Waals surface area contributed by atoms with Crippen LogP contribution in [0.5, 0.6) is 11.5 Å². The Kier molecular flexibility index (Phi) is 5.62. The maximum Gasteiger partial charge on any atom is 0.243 e. The van der Waals surface area contributed by atoms with E-state index in [9.17, 15) is 8.42 Å². The van der Waals surface area contributed by atoms with Gasteiger partial charge in [-0.05, 0) is 17.5 Å². The average molecular weight is 480 g/mol. The Labute approximate surface area is 197 Å². The molecule has 0 saturated carbocycles. The molecule has 3 aromatic carbocycles. The number of anilines is 2. The van der Waals surface area contributed by atoms with Crippen LogP contribution in [0.15, 0.2) is 59.5 Å². The third kappa shape index (κ3) is 3.74. The highest BCUT2D eigenvalue weighted by atomic mass is 32.2. The van der Waals surface area contributed by atoms with E-state index in [0.717, 1.165) is 10.8 Å². The summed E-state index contributed by atoms with van der Waals surface area (Å²) in [4.78, 5) is 11.4. The van der Waals surface area contributed by atoms with Crippen LogP contribution in [0, 0.1) is 0 Å². The van der Waals surface area contributed by atoms with Crippen LogP contribution in [0.1, 0.15) is 0 Å². The number of aromatic nitrogens is 2. The first-order valence-electron chi connectivity index (χ1n) is 10.8. The SMILES string of the molecule is COc1cc2nc(N3CCN(S(=O)(=O)c4cccc5ccccc45)CC3)nc(N)c2cc1OC. The standard InChI is InChI=1S/C24H25N5O4S/c1-32-20-14-18-19(15-21(20)33-2)26-24(27-23(18)25)28-10-12-29(13-11-28)34(30,31)22-9-5-7-16-6-3-4-8-17(16)22/h3-9,14-15H,10-13H2,1-2H3,(H2,25,26,27). The van der Waals surface area contributed by atoms with E-state index in [1.165, 1.54) is 4.31 Å². The molecule has 1 aliphatic rings. The second-order valence-corrected chi connectivity index (χ2v) is 9.91. The Bertz CT molecular complexity index is 1480. The Hall–Kier alpha value is -3.63. The zero-order chi connectivity index (χ0) is 23.9. The smallest absolute Gasteiger partial charge is 0.243 e. The summed E-state index contributed by atoms with van der Waals surface area (Å²) in [6.45, 7) is 1.53. The van der Waals surface area contributed by atoms with Gasteiger partial charge in [-0.1, -0.05) is 36.4 Å². The number of hydrogen-bond acceptors (Lipinski definition) is 8. The molecule has 1 aromatic heterocycles. The fraction of sp³-hybridized carbons (Fsp3) is 0.250. The van der Waals surface area contributed by atoms with Crippen LogP contribution in [0.4, 0.5) is 11.8 Å². The topological polar surface area (TPSA) is 111 Å². The second kappa shape index (κ2) is 8.62. The number of benzene rings is 3. The molecule has 2 heterocycles. The molecule has 10 heteroatoms. The first kappa shape index (κ1) is 22.2. The van der Waals surface area contributed by atoms with Gasteiger partial charge in [-0.15, -0.1) is 0 Å².